The number of hydrogen-bond acceptors (Lipinski definition) is 3. The largest absolute Gasteiger partial charge is 0.478 e. The third kappa shape index (κ3) is 3.64. The Morgan fingerprint density at radius 2 is 1.73 bits per heavy atom. The van der Waals surface area contributed by atoms with Crippen LogP contribution in [0.3, 0.4) is 0 Å². The van der Waals surface area contributed by atoms with Crippen LogP contribution in [0, 0.1) is 13.8 Å². The number of benzene rings is 2. The molecule has 3 aromatic rings. The number of carboxylic acid groups (broad SMARTS) is 1. The molecule has 132 valence electrons. The Bertz CT molecular complexity index is 993. The molecule has 0 fully saturated rings. The van der Waals surface area contributed by atoms with Crippen molar-refractivity contribution in [2.45, 2.75) is 13.8 Å². The molecule has 2 N–H and O–H groups in total. The molecular weight excluding hydrogens is 370 g/mol. The van der Waals surface area contributed by atoms with E-state index in [1.165, 1.54) is 11.3 Å². The van der Waals surface area contributed by atoms with Crippen LogP contribution in [0.1, 0.15) is 31.8 Å². The molecule has 3 rings (SSSR count). The fourth-order valence-corrected chi connectivity index (χ4v) is 3.68. The van der Waals surface area contributed by atoms with Gasteiger partial charge in [-0.15, -0.1) is 11.3 Å². The Morgan fingerprint density at radius 3 is 2.35 bits per heavy atom. The van der Waals surface area contributed by atoms with E-state index < -0.39 is 5.97 Å². The smallest absolute Gasteiger partial charge is 0.339 e. The lowest BCUT2D eigenvalue weighted by molar-refractivity contribution is 0.0699. The molecule has 6 heteroatoms. The fourth-order valence-electron chi connectivity index (χ4n) is 2.55. The summed E-state index contributed by atoms with van der Waals surface area (Å²) in [5.74, 6) is -1.43. The fraction of sp³-hybridized carbons (Fsp3) is 0.100. The maximum Gasteiger partial charge on any atom is 0.339 e. The predicted molar refractivity (Wildman–Crippen MR) is 106 cm³/mol. The summed E-state index contributed by atoms with van der Waals surface area (Å²) in [6.07, 6.45) is 0. The van der Waals surface area contributed by atoms with Gasteiger partial charge in [-0.1, -0.05) is 29.8 Å². The molecule has 0 aliphatic rings. The van der Waals surface area contributed by atoms with E-state index in [4.69, 9.17) is 11.6 Å². The van der Waals surface area contributed by atoms with Gasteiger partial charge in [-0.2, -0.15) is 0 Å². The first-order chi connectivity index (χ1) is 12.4. The van der Waals surface area contributed by atoms with Crippen molar-refractivity contribution in [2.75, 3.05) is 5.32 Å². The van der Waals surface area contributed by atoms with Gasteiger partial charge in [0.2, 0.25) is 0 Å². The highest BCUT2D eigenvalue weighted by molar-refractivity contribution is 7.14. The van der Waals surface area contributed by atoms with E-state index >= 15 is 0 Å². The molecular formula is C20H16ClNO3S. The van der Waals surface area contributed by atoms with Crippen molar-refractivity contribution in [3.63, 3.8) is 0 Å². The van der Waals surface area contributed by atoms with Gasteiger partial charge in [-0.25, -0.2) is 4.79 Å². The number of hydrogen-bond donors (Lipinski definition) is 2. The lowest BCUT2D eigenvalue weighted by Gasteiger charge is -2.08. The Balaban J connectivity index is 1.95. The van der Waals surface area contributed by atoms with Gasteiger partial charge in [0.25, 0.3) is 5.91 Å². The maximum atomic E-state index is 12.5. The van der Waals surface area contributed by atoms with Crippen LogP contribution in [0.2, 0.25) is 5.02 Å². The van der Waals surface area contributed by atoms with Crippen LogP contribution in [-0.2, 0) is 0 Å². The monoisotopic (exact) mass is 385 g/mol. The van der Waals surface area contributed by atoms with Crippen molar-refractivity contribution >= 4 is 40.5 Å². The molecule has 0 aliphatic carbocycles. The standard InChI is InChI=1S/C20H16ClNO3S/c1-11-3-4-14(9-12(11)2)19(23)22-16-10-26-18(17(16)20(24)25)13-5-7-15(21)8-6-13/h3-10H,1-2H3,(H,22,23)(H,24,25). The summed E-state index contributed by atoms with van der Waals surface area (Å²) in [4.78, 5) is 24.9. The van der Waals surface area contributed by atoms with Gasteiger partial charge < -0.3 is 10.4 Å². The summed E-state index contributed by atoms with van der Waals surface area (Å²) >= 11 is 7.16. The molecule has 0 radical (unpaired) electrons. The summed E-state index contributed by atoms with van der Waals surface area (Å²) in [5.41, 5.74) is 3.69. The highest BCUT2D eigenvalue weighted by Gasteiger charge is 2.21. The molecule has 1 heterocycles. The topological polar surface area (TPSA) is 66.4 Å². The van der Waals surface area contributed by atoms with Gasteiger partial charge in [-0.3, -0.25) is 4.79 Å². The number of halogens is 1. The van der Waals surface area contributed by atoms with Gasteiger partial charge >= 0.3 is 5.97 Å². The number of amides is 1. The predicted octanol–water partition coefficient (Wildman–Crippen LogP) is 5.64. The summed E-state index contributed by atoms with van der Waals surface area (Å²) in [6, 6.07) is 12.3. The summed E-state index contributed by atoms with van der Waals surface area (Å²) in [6.45, 7) is 3.90. The van der Waals surface area contributed by atoms with Crippen LogP contribution in [0.4, 0.5) is 5.69 Å². The second-order valence-corrected chi connectivity index (χ2v) is 7.23. The van der Waals surface area contributed by atoms with Gasteiger partial charge in [0.15, 0.2) is 0 Å². The zero-order valence-electron chi connectivity index (χ0n) is 14.2. The molecule has 0 saturated heterocycles. The zero-order valence-corrected chi connectivity index (χ0v) is 15.7. The Hall–Kier alpha value is -2.63. The van der Waals surface area contributed by atoms with Crippen molar-refractivity contribution < 1.29 is 14.7 Å². The number of carbonyl (C=O) groups is 2. The van der Waals surface area contributed by atoms with E-state index in [2.05, 4.69) is 5.32 Å². The molecule has 1 amide bonds. The van der Waals surface area contributed by atoms with Gasteiger partial charge in [0.1, 0.15) is 5.56 Å². The molecule has 2 aromatic carbocycles. The summed E-state index contributed by atoms with van der Waals surface area (Å²) in [5, 5.41) is 14.6. The first kappa shape index (κ1) is 18.2. The second kappa shape index (κ2) is 7.32. The molecule has 0 atom stereocenters. The number of carbonyl (C=O) groups excluding carboxylic acids is 1. The molecule has 26 heavy (non-hydrogen) atoms. The zero-order chi connectivity index (χ0) is 18.8. The minimum Gasteiger partial charge on any atom is -0.478 e. The van der Waals surface area contributed by atoms with Crippen LogP contribution < -0.4 is 5.32 Å². The molecule has 0 spiro atoms. The van der Waals surface area contributed by atoms with E-state index in [0.717, 1.165) is 16.7 Å². The molecule has 1 aromatic heterocycles. The van der Waals surface area contributed by atoms with E-state index in [0.29, 0.717) is 15.5 Å². The second-order valence-electron chi connectivity index (χ2n) is 5.92. The van der Waals surface area contributed by atoms with E-state index in [1.807, 2.05) is 19.9 Å². The highest BCUT2D eigenvalue weighted by Crippen LogP contribution is 2.36. The Labute approximate surface area is 160 Å². The van der Waals surface area contributed by atoms with Crippen molar-refractivity contribution in [1.82, 2.24) is 0 Å². The van der Waals surface area contributed by atoms with E-state index in [1.54, 1.807) is 41.8 Å². The molecule has 4 nitrogen and oxygen atoms in total. The number of aromatic carboxylic acids is 1. The quantitative estimate of drug-likeness (QED) is 0.611. The van der Waals surface area contributed by atoms with Crippen molar-refractivity contribution in [2.24, 2.45) is 0 Å². The lowest BCUT2D eigenvalue weighted by Crippen LogP contribution is -2.14. The van der Waals surface area contributed by atoms with Gasteiger partial charge in [0, 0.05) is 16.0 Å². The molecule has 0 aliphatic heterocycles. The first-order valence-electron chi connectivity index (χ1n) is 7.86. The normalized spacial score (nSPS) is 10.6. The first-order valence-corrected chi connectivity index (χ1v) is 9.12. The maximum absolute atomic E-state index is 12.5. The Kier molecular flexibility index (Phi) is 5.11. The lowest BCUT2D eigenvalue weighted by atomic mass is 10.1. The van der Waals surface area contributed by atoms with Crippen molar-refractivity contribution in [3.8, 4) is 10.4 Å². The third-order valence-corrected chi connectivity index (χ3v) is 5.41. The average molecular weight is 386 g/mol. The number of aryl methyl sites for hydroxylation is 2. The Morgan fingerprint density at radius 1 is 1.04 bits per heavy atom. The number of thiophene rings is 1. The van der Waals surface area contributed by atoms with Crippen molar-refractivity contribution in [1.29, 1.82) is 0 Å². The average Bonchev–Trinajstić information content (AvgIpc) is 3.01. The van der Waals surface area contributed by atoms with E-state index in [9.17, 15) is 14.7 Å². The van der Waals surface area contributed by atoms with Crippen LogP contribution in [0.5, 0.6) is 0 Å². The third-order valence-electron chi connectivity index (χ3n) is 4.13. The summed E-state index contributed by atoms with van der Waals surface area (Å²) < 4.78 is 0. The highest BCUT2D eigenvalue weighted by atomic mass is 35.5. The van der Waals surface area contributed by atoms with Crippen LogP contribution in [0.25, 0.3) is 10.4 Å². The SMILES string of the molecule is Cc1ccc(C(=O)Nc2csc(-c3ccc(Cl)cc3)c2C(=O)O)cc1C. The van der Waals surface area contributed by atoms with Crippen LogP contribution in [-0.4, -0.2) is 17.0 Å². The van der Waals surface area contributed by atoms with Crippen LogP contribution in [0.15, 0.2) is 47.8 Å². The van der Waals surface area contributed by atoms with E-state index in [-0.39, 0.29) is 17.2 Å². The molecule has 0 unspecified atom stereocenters. The minimum atomic E-state index is -1.09. The van der Waals surface area contributed by atoms with Gasteiger partial charge in [0.05, 0.1) is 10.6 Å². The minimum absolute atomic E-state index is 0.0782. The number of anilines is 1. The number of rotatable bonds is 4. The van der Waals surface area contributed by atoms with Crippen molar-refractivity contribution in [3.05, 3.63) is 75.1 Å². The van der Waals surface area contributed by atoms with Gasteiger partial charge in [-0.05, 0) is 54.8 Å². The number of nitrogens with one attached hydrogen (secondary N) is 1. The number of carboxylic acids is 1. The molecule has 0 bridgehead atoms. The van der Waals surface area contributed by atoms with Crippen LogP contribution >= 0.6 is 22.9 Å². The summed E-state index contributed by atoms with van der Waals surface area (Å²) in [7, 11) is 0. The molecule has 0 saturated carbocycles.